The zero-order valence-corrected chi connectivity index (χ0v) is 14.4. The lowest BCUT2D eigenvalue weighted by Gasteiger charge is -2.34. The van der Waals surface area contributed by atoms with Crippen molar-refractivity contribution in [3.63, 3.8) is 0 Å². The van der Waals surface area contributed by atoms with Crippen molar-refractivity contribution in [2.45, 2.75) is 63.5 Å². The van der Waals surface area contributed by atoms with E-state index < -0.39 is 5.60 Å². The summed E-state index contributed by atoms with van der Waals surface area (Å²) in [6.07, 6.45) is 7.40. The lowest BCUT2D eigenvalue weighted by molar-refractivity contribution is -0.142. The summed E-state index contributed by atoms with van der Waals surface area (Å²) < 4.78 is 2.26. The van der Waals surface area contributed by atoms with Crippen LogP contribution >= 0.6 is 0 Å². The number of hydrogen-bond acceptors (Lipinski definition) is 4. The average molecular weight is 340 g/mol. The van der Waals surface area contributed by atoms with Gasteiger partial charge in [0.2, 0.25) is 0 Å². The molecule has 6 heteroatoms. The third kappa shape index (κ3) is 3.31. The number of fused-ring (bicyclic) bond motifs is 1. The summed E-state index contributed by atoms with van der Waals surface area (Å²) in [5.74, 6) is 1.82. The van der Waals surface area contributed by atoms with E-state index in [2.05, 4.69) is 20.1 Å². The highest BCUT2D eigenvalue weighted by atomic mass is 16.3. The summed E-state index contributed by atoms with van der Waals surface area (Å²) in [7, 11) is 0. The minimum Gasteiger partial charge on any atom is -0.380 e. The minimum atomic E-state index is -1.17. The molecule has 132 valence electrons. The quantitative estimate of drug-likeness (QED) is 0.896. The number of anilines is 1. The van der Waals surface area contributed by atoms with Gasteiger partial charge in [-0.1, -0.05) is 18.6 Å². The molecular weight excluding hydrogens is 316 g/mol. The molecule has 2 aliphatic rings. The number of hydrogen-bond donors (Lipinski definition) is 2. The summed E-state index contributed by atoms with van der Waals surface area (Å²) >= 11 is 0. The molecule has 4 rings (SSSR count). The Morgan fingerprint density at radius 1 is 1.12 bits per heavy atom. The van der Waals surface area contributed by atoms with Crippen molar-refractivity contribution < 1.29 is 9.90 Å². The molecule has 1 aromatic carbocycles. The topological polar surface area (TPSA) is 80.0 Å². The molecule has 0 bridgehead atoms. The van der Waals surface area contributed by atoms with Gasteiger partial charge in [-0.25, -0.2) is 0 Å². The van der Waals surface area contributed by atoms with Gasteiger partial charge in [0.25, 0.3) is 5.91 Å². The fourth-order valence-corrected chi connectivity index (χ4v) is 3.55. The molecule has 0 radical (unpaired) electrons. The first-order valence-electron chi connectivity index (χ1n) is 9.18. The van der Waals surface area contributed by atoms with Gasteiger partial charge in [0.05, 0.1) is 0 Å². The Hall–Kier alpha value is -2.21. The maximum absolute atomic E-state index is 12.1. The van der Waals surface area contributed by atoms with Crippen LogP contribution in [0, 0.1) is 0 Å². The number of carbonyl (C=O) groups is 1. The molecule has 1 saturated carbocycles. The van der Waals surface area contributed by atoms with Gasteiger partial charge in [0, 0.05) is 25.1 Å². The molecule has 0 saturated heterocycles. The molecule has 1 fully saturated rings. The van der Waals surface area contributed by atoms with E-state index in [1.165, 1.54) is 19.3 Å². The molecule has 0 unspecified atom stereocenters. The Morgan fingerprint density at radius 2 is 1.92 bits per heavy atom. The predicted molar refractivity (Wildman–Crippen MR) is 94.3 cm³/mol. The van der Waals surface area contributed by atoms with Gasteiger partial charge in [-0.3, -0.25) is 4.79 Å². The van der Waals surface area contributed by atoms with Gasteiger partial charge in [0.1, 0.15) is 17.2 Å². The molecule has 2 heterocycles. The largest absolute Gasteiger partial charge is 0.380 e. The van der Waals surface area contributed by atoms with Crippen LogP contribution in [0.3, 0.4) is 0 Å². The zero-order valence-electron chi connectivity index (χ0n) is 14.4. The van der Waals surface area contributed by atoms with E-state index in [0.717, 1.165) is 43.0 Å². The number of aryl methyl sites for hydroxylation is 1. The van der Waals surface area contributed by atoms with Crippen LogP contribution in [0.2, 0.25) is 0 Å². The zero-order chi connectivity index (χ0) is 17.3. The molecule has 2 aromatic rings. The lowest BCUT2D eigenvalue weighted by Crippen LogP contribution is -2.48. The summed E-state index contributed by atoms with van der Waals surface area (Å²) in [4.78, 5) is 12.1. The summed E-state index contributed by atoms with van der Waals surface area (Å²) in [6.45, 7) is 1.00. The van der Waals surface area contributed by atoms with Crippen molar-refractivity contribution in [1.82, 2.24) is 14.8 Å². The first-order valence-corrected chi connectivity index (χ1v) is 9.18. The standard InChI is InChI=1S/C19H24N4O2/c24-18(19(25)10-4-11-19)20-15-8-6-14(7-9-15)13-17-22-21-16-5-2-1-3-12-23(16)17/h6-9,25H,1-5,10-13H2,(H,20,24). The number of amides is 1. The number of aliphatic hydroxyl groups is 1. The Bertz CT molecular complexity index is 762. The maximum atomic E-state index is 12.1. The lowest BCUT2D eigenvalue weighted by atomic mass is 9.79. The summed E-state index contributed by atoms with van der Waals surface area (Å²) in [6, 6.07) is 7.77. The van der Waals surface area contributed by atoms with Crippen molar-refractivity contribution >= 4 is 11.6 Å². The van der Waals surface area contributed by atoms with Crippen molar-refractivity contribution in [1.29, 1.82) is 0 Å². The van der Waals surface area contributed by atoms with Crippen LogP contribution in [-0.2, 0) is 24.2 Å². The Labute approximate surface area is 147 Å². The first kappa shape index (κ1) is 16.3. The number of aromatic nitrogens is 3. The van der Waals surface area contributed by atoms with Gasteiger partial charge in [-0.2, -0.15) is 0 Å². The molecule has 2 N–H and O–H groups in total. The van der Waals surface area contributed by atoms with Crippen LogP contribution in [0.15, 0.2) is 24.3 Å². The molecule has 1 aliphatic carbocycles. The maximum Gasteiger partial charge on any atom is 0.256 e. The van der Waals surface area contributed by atoms with Crippen molar-refractivity contribution in [3.05, 3.63) is 41.5 Å². The van der Waals surface area contributed by atoms with E-state index in [1.807, 2.05) is 24.3 Å². The Kier molecular flexibility index (Phi) is 4.29. The van der Waals surface area contributed by atoms with Crippen LogP contribution in [0.1, 0.15) is 55.7 Å². The highest BCUT2D eigenvalue weighted by Gasteiger charge is 2.41. The molecule has 6 nitrogen and oxygen atoms in total. The van der Waals surface area contributed by atoms with Crippen molar-refractivity contribution in [2.75, 3.05) is 5.32 Å². The van der Waals surface area contributed by atoms with Crippen LogP contribution in [0.25, 0.3) is 0 Å². The normalized spacial score (nSPS) is 18.8. The fraction of sp³-hybridized carbons (Fsp3) is 0.526. The van der Waals surface area contributed by atoms with E-state index in [9.17, 15) is 9.90 Å². The molecule has 1 aliphatic heterocycles. The van der Waals surface area contributed by atoms with E-state index in [0.29, 0.717) is 18.5 Å². The Balaban J connectivity index is 1.42. The second-order valence-corrected chi connectivity index (χ2v) is 7.21. The van der Waals surface area contributed by atoms with Gasteiger partial charge in [-0.05, 0) is 49.8 Å². The third-order valence-electron chi connectivity index (χ3n) is 5.36. The summed E-state index contributed by atoms with van der Waals surface area (Å²) in [5.41, 5.74) is 0.687. The highest BCUT2D eigenvalue weighted by molar-refractivity contribution is 5.97. The van der Waals surface area contributed by atoms with Gasteiger partial charge in [0.15, 0.2) is 0 Å². The highest BCUT2D eigenvalue weighted by Crippen LogP contribution is 2.32. The fourth-order valence-electron chi connectivity index (χ4n) is 3.55. The SMILES string of the molecule is O=C(Nc1ccc(Cc2nnc3n2CCCCC3)cc1)C1(O)CCC1. The monoisotopic (exact) mass is 340 g/mol. The van der Waals surface area contributed by atoms with E-state index >= 15 is 0 Å². The number of carbonyl (C=O) groups excluding carboxylic acids is 1. The third-order valence-corrected chi connectivity index (χ3v) is 5.36. The van der Waals surface area contributed by atoms with E-state index in [-0.39, 0.29) is 5.91 Å². The summed E-state index contributed by atoms with van der Waals surface area (Å²) in [5, 5.41) is 21.6. The van der Waals surface area contributed by atoms with Crippen molar-refractivity contribution in [3.8, 4) is 0 Å². The number of benzene rings is 1. The molecule has 1 aromatic heterocycles. The van der Waals surface area contributed by atoms with Crippen LogP contribution in [-0.4, -0.2) is 31.4 Å². The Morgan fingerprint density at radius 3 is 2.64 bits per heavy atom. The average Bonchev–Trinajstić information content (AvgIpc) is 2.81. The number of rotatable bonds is 4. The van der Waals surface area contributed by atoms with E-state index in [4.69, 9.17) is 0 Å². The van der Waals surface area contributed by atoms with Crippen LogP contribution < -0.4 is 5.32 Å². The van der Waals surface area contributed by atoms with Gasteiger partial charge >= 0.3 is 0 Å². The van der Waals surface area contributed by atoms with E-state index in [1.54, 1.807) is 0 Å². The molecule has 0 spiro atoms. The van der Waals surface area contributed by atoms with Crippen molar-refractivity contribution in [2.24, 2.45) is 0 Å². The predicted octanol–water partition coefficient (Wildman–Crippen LogP) is 2.45. The van der Waals surface area contributed by atoms with Crippen LogP contribution in [0.4, 0.5) is 5.69 Å². The molecule has 0 atom stereocenters. The molecule has 25 heavy (non-hydrogen) atoms. The molecular formula is C19H24N4O2. The second-order valence-electron chi connectivity index (χ2n) is 7.21. The number of nitrogens with one attached hydrogen (secondary N) is 1. The number of nitrogens with zero attached hydrogens (tertiary/aromatic N) is 3. The van der Waals surface area contributed by atoms with Gasteiger partial charge < -0.3 is 15.0 Å². The smallest absolute Gasteiger partial charge is 0.256 e. The van der Waals surface area contributed by atoms with Gasteiger partial charge in [-0.15, -0.1) is 10.2 Å². The minimum absolute atomic E-state index is 0.297. The van der Waals surface area contributed by atoms with Crippen LogP contribution in [0.5, 0.6) is 0 Å². The second kappa shape index (κ2) is 6.59. The molecule has 1 amide bonds. The first-order chi connectivity index (χ1) is 12.1.